The van der Waals surface area contributed by atoms with E-state index in [-0.39, 0.29) is 12.3 Å². The summed E-state index contributed by atoms with van der Waals surface area (Å²) in [6, 6.07) is 7.67. The van der Waals surface area contributed by atoms with Gasteiger partial charge in [0.15, 0.2) is 0 Å². The van der Waals surface area contributed by atoms with E-state index in [1.54, 1.807) is 6.07 Å². The van der Waals surface area contributed by atoms with Crippen LogP contribution >= 0.6 is 0 Å². The Bertz CT molecular complexity index is 1360. The molecule has 47 heavy (non-hydrogen) atoms. The van der Waals surface area contributed by atoms with Crippen LogP contribution in [-0.4, -0.2) is 47.8 Å². The predicted molar refractivity (Wildman–Crippen MR) is 186 cm³/mol. The van der Waals surface area contributed by atoms with Gasteiger partial charge in [-0.2, -0.15) is 36.7 Å². The Morgan fingerprint density at radius 1 is 1.09 bits per heavy atom. The number of halogens is 6. The molecule has 1 aliphatic heterocycles. The van der Waals surface area contributed by atoms with Gasteiger partial charge in [0.2, 0.25) is 0 Å². The maximum atomic E-state index is 13.0. The number of nitrogens with two attached hydrogens (primary N) is 1. The van der Waals surface area contributed by atoms with Gasteiger partial charge in [0.1, 0.15) is 17.5 Å². The number of hydrogen-bond donors (Lipinski definition) is 1. The molecule has 2 N–H and O–H groups in total. The van der Waals surface area contributed by atoms with Crippen molar-refractivity contribution in [2.75, 3.05) is 14.1 Å². The molecule has 12 heteroatoms. The van der Waals surface area contributed by atoms with E-state index < -0.39 is 24.0 Å². The van der Waals surface area contributed by atoms with Gasteiger partial charge in [-0.3, -0.25) is 4.99 Å². The highest BCUT2D eigenvalue weighted by Gasteiger charge is 2.44. The minimum Gasteiger partial charge on any atom is -0.333 e. The molecule has 1 aromatic heterocycles. The number of aliphatic imine (C=N–C) groups is 2. The molecule has 0 aliphatic carbocycles. The summed E-state index contributed by atoms with van der Waals surface area (Å²) in [7, 11) is 2.61. The molecular weight excluding hydrogens is 618 g/mol. The fourth-order valence-corrected chi connectivity index (χ4v) is 3.45. The Balaban J connectivity index is -0.000000601. The van der Waals surface area contributed by atoms with Crippen molar-refractivity contribution in [1.29, 1.82) is 5.26 Å². The lowest BCUT2D eigenvalue weighted by Crippen LogP contribution is -2.36. The number of allylic oxidation sites excluding steroid dienone is 2. The quantitative estimate of drug-likeness (QED) is 0.260. The van der Waals surface area contributed by atoms with Crippen LogP contribution in [0.5, 0.6) is 0 Å². The van der Waals surface area contributed by atoms with Gasteiger partial charge in [0.05, 0.1) is 23.0 Å². The molecule has 1 unspecified atom stereocenters. The molecule has 0 amide bonds. The van der Waals surface area contributed by atoms with Crippen LogP contribution in [0.1, 0.15) is 94.9 Å². The molecule has 264 valence electrons. The molecule has 0 spiro atoms. The number of benzene rings is 1. The van der Waals surface area contributed by atoms with Crippen molar-refractivity contribution >= 4 is 23.2 Å². The maximum absolute atomic E-state index is 13.0. The van der Waals surface area contributed by atoms with E-state index in [4.69, 9.17) is 5.26 Å². The third-order valence-corrected chi connectivity index (χ3v) is 5.97. The highest BCUT2D eigenvalue weighted by atomic mass is 19.4. The molecule has 2 aromatic rings. The monoisotopic (exact) mass is 670 g/mol. The first-order valence-corrected chi connectivity index (χ1v) is 15.2. The summed E-state index contributed by atoms with van der Waals surface area (Å²) in [4.78, 5) is 6.82. The Morgan fingerprint density at radius 2 is 1.62 bits per heavy atom. The fraction of sp³-hybridized carbons (Fsp3) is 0.486. The van der Waals surface area contributed by atoms with E-state index >= 15 is 0 Å². The Morgan fingerprint density at radius 3 is 1.98 bits per heavy atom. The van der Waals surface area contributed by atoms with Gasteiger partial charge in [-0.25, -0.2) is 9.67 Å². The molecule has 0 fully saturated rings. The van der Waals surface area contributed by atoms with Gasteiger partial charge in [-0.05, 0) is 88.5 Å². The zero-order valence-corrected chi connectivity index (χ0v) is 29.7. The van der Waals surface area contributed by atoms with Crippen LogP contribution < -0.4 is 5.73 Å². The number of hydrogen-bond acceptors (Lipinski definition) is 5. The van der Waals surface area contributed by atoms with Crippen molar-refractivity contribution in [3.8, 4) is 6.07 Å². The van der Waals surface area contributed by atoms with Gasteiger partial charge in [-0.15, -0.1) is 0 Å². The van der Waals surface area contributed by atoms with Crippen molar-refractivity contribution < 1.29 is 26.3 Å². The molecule has 1 aliphatic rings. The van der Waals surface area contributed by atoms with Crippen LogP contribution in [-0.2, 0) is 6.42 Å². The summed E-state index contributed by atoms with van der Waals surface area (Å²) in [5, 5.41) is 12.9. The van der Waals surface area contributed by atoms with Crippen molar-refractivity contribution in [2.24, 2.45) is 21.6 Å². The van der Waals surface area contributed by atoms with Crippen LogP contribution in [0.2, 0.25) is 0 Å². The first-order chi connectivity index (χ1) is 21.9. The van der Waals surface area contributed by atoms with Gasteiger partial charge in [0.25, 0.3) is 0 Å². The molecule has 1 aromatic carbocycles. The number of nitriles is 1. The van der Waals surface area contributed by atoms with Crippen LogP contribution in [0.4, 0.5) is 26.3 Å². The second kappa shape index (κ2) is 24.2. The van der Waals surface area contributed by atoms with Crippen LogP contribution in [0, 0.1) is 31.1 Å². The SMILES string of the molecule is C=C(C)c1cc(C#N)cc(C)c1C.C=Cc1cc(CC)nn1C1=NC=CCC1C(F)(F)F.CC.CCC.CN.CN=C(C)C(F)(F)F. The molecule has 2 heterocycles. The zero-order chi connectivity index (χ0) is 37.5. The van der Waals surface area contributed by atoms with E-state index in [1.807, 2.05) is 46.8 Å². The molecule has 0 saturated carbocycles. The van der Waals surface area contributed by atoms with Crippen molar-refractivity contribution in [3.05, 3.63) is 77.3 Å². The second-order valence-corrected chi connectivity index (χ2v) is 9.60. The Labute approximate surface area is 277 Å². The normalized spacial score (nSPS) is 13.5. The van der Waals surface area contributed by atoms with Crippen LogP contribution in [0.3, 0.4) is 0 Å². The summed E-state index contributed by atoms with van der Waals surface area (Å²) in [6.07, 6.45) is -2.50. The van der Waals surface area contributed by atoms with E-state index in [2.05, 4.69) is 60.8 Å². The molecular formula is C35H52F6N6. The lowest BCUT2D eigenvalue weighted by molar-refractivity contribution is -0.155. The van der Waals surface area contributed by atoms with E-state index in [9.17, 15) is 26.3 Å². The topological polar surface area (TPSA) is 92.3 Å². The van der Waals surface area contributed by atoms with Crippen molar-refractivity contribution in [1.82, 2.24) is 9.78 Å². The van der Waals surface area contributed by atoms with E-state index in [1.165, 1.54) is 42.1 Å². The molecule has 0 saturated heterocycles. The van der Waals surface area contributed by atoms with Gasteiger partial charge < -0.3 is 5.73 Å². The maximum Gasteiger partial charge on any atom is 0.428 e. The standard InChI is InChI=1S/C13H14F3N3.C12H13N.C4H6F3N.C3H8.C2H6.CH5N/c1-3-9-8-10(4-2)19(18-9)12-11(13(14,15)16)6-5-7-17-12;1-8(2)12-6-11(7-13)5-9(3)10(12)4;1-3(8-2)4(5,6)7;1-3-2;2*1-2/h4-5,7-8,11H,2-3,6H2,1H3;5-6H,1H2,2-4H3;1-2H3;3H2,1-2H3;1-2H3;2H2,1H3. The smallest absolute Gasteiger partial charge is 0.333 e. The molecule has 3 rings (SSSR count). The lowest BCUT2D eigenvalue weighted by atomic mass is 9.96. The predicted octanol–water partition coefficient (Wildman–Crippen LogP) is 10.3. The zero-order valence-electron chi connectivity index (χ0n) is 29.7. The fourth-order valence-electron chi connectivity index (χ4n) is 3.45. The molecule has 0 bridgehead atoms. The Kier molecular flexibility index (Phi) is 24.4. The van der Waals surface area contributed by atoms with E-state index in [0.717, 1.165) is 30.7 Å². The number of nitrogens with zero attached hydrogens (tertiary/aromatic N) is 5. The summed E-state index contributed by atoms with van der Waals surface area (Å²) < 4.78 is 74.3. The molecule has 0 radical (unpaired) electrons. The summed E-state index contributed by atoms with van der Waals surface area (Å²) in [6.45, 7) is 24.6. The minimum absolute atomic E-state index is 0.0930. The number of aromatic nitrogens is 2. The Hall–Kier alpha value is -3.98. The minimum atomic E-state index is -4.33. The third kappa shape index (κ3) is 16.9. The van der Waals surface area contributed by atoms with Gasteiger partial charge in [0, 0.05) is 13.2 Å². The van der Waals surface area contributed by atoms with Gasteiger partial charge in [-0.1, -0.05) is 65.8 Å². The number of aryl methyl sites for hydroxylation is 2. The highest BCUT2D eigenvalue weighted by molar-refractivity contribution is 5.89. The molecule has 6 nitrogen and oxygen atoms in total. The van der Waals surface area contributed by atoms with Crippen LogP contribution in [0.15, 0.2) is 53.6 Å². The summed E-state index contributed by atoms with van der Waals surface area (Å²) in [5.41, 5.74) is 10.1. The number of rotatable bonds is 3. The van der Waals surface area contributed by atoms with Crippen molar-refractivity contribution in [2.45, 2.75) is 93.9 Å². The van der Waals surface area contributed by atoms with Crippen molar-refractivity contribution in [3.63, 3.8) is 0 Å². The van der Waals surface area contributed by atoms with Crippen LogP contribution in [0.25, 0.3) is 11.6 Å². The first-order valence-electron chi connectivity index (χ1n) is 15.2. The highest BCUT2D eigenvalue weighted by Crippen LogP contribution is 2.33. The largest absolute Gasteiger partial charge is 0.428 e. The molecule has 1 atom stereocenters. The average molecular weight is 671 g/mol. The second-order valence-electron chi connectivity index (χ2n) is 9.60. The van der Waals surface area contributed by atoms with E-state index in [0.29, 0.717) is 23.4 Å². The lowest BCUT2D eigenvalue weighted by Gasteiger charge is -2.23. The average Bonchev–Trinajstić information content (AvgIpc) is 3.47. The summed E-state index contributed by atoms with van der Waals surface area (Å²) >= 11 is 0. The number of alkyl halides is 6. The first kappa shape index (κ1) is 47.4. The summed E-state index contributed by atoms with van der Waals surface area (Å²) in [5.74, 6) is -1.72. The third-order valence-electron chi connectivity index (χ3n) is 5.97. The van der Waals surface area contributed by atoms with Gasteiger partial charge >= 0.3 is 12.4 Å².